The van der Waals surface area contributed by atoms with Gasteiger partial charge in [-0.15, -0.1) is 0 Å². The molecule has 2 rings (SSSR count). The highest BCUT2D eigenvalue weighted by Crippen LogP contribution is 2.31. The summed E-state index contributed by atoms with van der Waals surface area (Å²) in [4.78, 5) is 11.9. The molecule has 0 atom stereocenters. The van der Waals surface area contributed by atoms with E-state index in [1.165, 1.54) is 4.68 Å². The van der Waals surface area contributed by atoms with Crippen LogP contribution in [0.1, 0.15) is 17.4 Å². The van der Waals surface area contributed by atoms with Gasteiger partial charge in [-0.3, -0.25) is 4.68 Å². The van der Waals surface area contributed by atoms with Crippen LogP contribution in [0.15, 0.2) is 33.2 Å². The molecule has 1 aromatic heterocycles. The number of esters is 1. The number of carbonyl (C=O) groups excluding carboxylic acids is 1. The minimum atomic E-state index is -0.382. The van der Waals surface area contributed by atoms with Gasteiger partial charge in [-0.1, -0.05) is 28.1 Å². The summed E-state index contributed by atoms with van der Waals surface area (Å²) in [6.07, 6.45) is 0. The molecule has 0 spiro atoms. The van der Waals surface area contributed by atoms with Gasteiger partial charge in [0.15, 0.2) is 5.69 Å². The first-order valence-corrected chi connectivity index (χ1v) is 7.28. The highest BCUT2D eigenvalue weighted by atomic mass is 79.9. The van der Waals surface area contributed by atoms with Crippen LogP contribution in [0, 0.1) is 0 Å². The first-order chi connectivity index (χ1) is 9.04. The number of hydrogen-bond donors (Lipinski definition) is 0. The molecule has 0 saturated heterocycles. The molecule has 19 heavy (non-hydrogen) atoms. The minimum Gasteiger partial charge on any atom is -0.461 e. The zero-order valence-electron chi connectivity index (χ0n) is 10.5. The van der Waals surface area contributed by atoms with E-state index in [-0.39, 0.29) is 5.97 Å². The van der Waals surface area contributed by atoms with Gasteiger partial charge in [-0.25, -0.2) is 4.79 Å². The molecule has 0 aliphatic heterocycles. The lowest BCUT2D eigenvalue weighted by Gasteiger charge is -2.02. The summed E-state index contributed by atoms with van der Waals surface area (Å²) in [5.41, 5.74) is 2.07. The second-order valence-corrected chi connectivity index (χ2v) is 5.57. The summed E-state index contributed by atoms with van der Waals surface area (Å²) in [5, 5.41) is 4.37. The van der Waals surface area contributed by atoms with Crippen LogP contribution >= 0.6 is 31.9 Å². The van der Waals surface area contributed by atoms with Gasteiger partial charge in [-0.05, 0) is 35.0 Å². The number of aromatic nitrogens is 2. The average Bonchev–Trinajstić information content (AvgIpc) is 2.66. The highest BCUT2D eigenvalue weighted by molar-refractivity contribution is 9.11. The van der Waals surface area contributed by atoms with Gasteiger partial charge in [0.25, 0.3) is 0 Å². The van der Waals surface area contributed by atoms with Crippen LogP contribution < -0.4 is 0 Å². The molecule has 0 aliphatic rings. The molecule has 4 nitrogen and oxygen atoms in total. The van der Waals surface area contributed by atoms with E-state index in [0.29, 0.717) is 16.8 Å². The summed E-state index contributed by atoms with van der Waals surface area (Å²) >= 11 is 6.82. The molecule has 0 N–H and O–H groups in total. The molecule has 1 heterocycles. The number of benzene rings is 1. The molecule has 1 aromatic carbocycles. The number of ether oxygens (including phenoxy) is 1. The van der Waals surface area contributed by atoms with Gasteiger partial charge in [0.1, 0.15) is 5.69 Å². The van der Waals surface area contributed by atoms with E-state index in [9.17, 15) is 4.79 Å². The Hall–Kier alpha value is -1.14. The SMILES string of the molecule is CCOC(=O)c1c(Br)c(-c2ccc(Br)cc2)nn1C. The Morgan fingerprint density at radius 1 is 1.32 bits per heavy atom. The number of rotatable bonds is 3. The second kappa shape index (κ2) is 5.88. The molecular weight excluding hydrogens is 376 g/mol. The molecule has 0 saturated carbocycles. The lowest BCUT2D eigenvalue weighted by Crippen LogP contribution is -2.10. The van der Waals surface area contributed by atoms with Gasteiger partial charge in [0, 0.05) is 17.1 Å². The Morgan fingerprint density at radius 3 is 2.53 bits per heavy atom. The Kier molecular flexibility index (Phi) is 4.42. The van der Waals surface area contributed by atoms with E-state index < -0.39 is 0 Å². The topological polar surface area (TPSA) is 44.1 Å². The Labute approximate surface area is 128 Å². The van der Waals surface area contributed by atoms with Crippen LogP contribution in [0.5, 0.6) is 0 Å². The largest absolute Gasteiger partial charge is 0.461 e. The van der Waals surface area contributed by atoms with E-state index in [0.717, 1.165) is 15.7 Å². The normalized spacial score (nSPS) is 10.5. The molecule has 6 heteroatoms. The molecule has 0 aliphatic carbocycles. The molecule has 0 radical (unpaired) electrons. The van der Waals surface area contributed by atoms with Crippen molar-refractivity contribution in [2.24, 2.45) is 7.05 Å². The van der Waals surface area contributed by atoms with Crippen molar-refractivity contribution in [3.8, 4) is 11.3 Å². The van der Waals surface area contributed by atoms with Gasteiger partial charge in [0.2, 0.25) is 0 Å². The third-order valence-electron chi connectivity index (χ3n) is 2.58. The minimum absolute atomic E-state index is 0.337. The lowest BCUT2D eigenvalue weighted by molar-refractivity contribution is 0.0512. The fourth-order valence-corrected chi connectivity index (χ4v) is 2.70. The standard InChI is InChI=1S/C13H12Br2N2O2/c1-3-19-13(18)12-10(15)11(16-17(12)2)8-4-6-9(14)7-5-8/h4-7H,3H2,1-2H3. The lowest BCUT2D eigenvalue weighted by atomic mass is 10.1. The quantitative estimate of drug-likeness (QED) is 0.752. The van der Waals surface area contributed by atoms with Crippen LogP contribution in [-0.4, -0.2) is 22.4 Å². The molecule has 0 unspecified atom stereocenters. The maximum Gasteiger partial charge on any atom is 0.357 e. The van der Waals surface area contributed by atoms with E-state index in [4.69, 9.17) is 4.74 Å². The predicted octanol–water partition coefficient (Wildman–Crippen LogP) is 3.79. The number of aryl methyl sites for hydroxylation is 1. The Balaban J connectivity index is 2.46. The molecule has 0 bridgehead atoms. The fourth-order valence-electron chi connectivity index (χ4n) is 1.71. The van der Waals surface area contributed by atoms with Crippen molar-refractivity contribution in [1.29, 1.82) is 0 Å². The van der Waals surface area contributed by atoms with Crippen molar-refractivity contribution in [1.82, 2.24) is 9.78 Å². The predicted molar refractivity (Wildman–Crippen MR) is 80.0 cm³/mol. The molecule has 0 amide bonds. The number of hydrogen-bond acceptors (Lipinski definition) is 3. The average molecular weight is 388 g/mol. The van der Waals surface area contributed by atoms with E-state index in [1.807, 2.05) is 24.3 Å². The van der Waals surface area contributed by atoms with E-state index in [1.54, 1.807) is 14.0 Å². The maximum absolute atomic E-state index is 11.9. The van der Waals surface area contributed by atoms with Crippen LogP contribution in [-0.2, 0) is 11.8 Å². The Bertz CT molecular complexity index is 606. The molecule has 100 valence electrons. The van der Waals surface area contributed by atoms with E-state index in [2.05, 4.69) is 37.0 Å². The summed E-state index contributed by atoms with van der Waals surface area (Å²) in [6.45, 7) is 2.11. The number of carbonyl (C=O) groups is 1. The maximum atomic E-state index is 11.9. The van der Waals surface area contributed by atoms with Gasteiger partial charge < -0.3 is 4.74 Å². The van der Waals surface area contributed by atoms with Gasteiger partial charge in [-0.2, -0.15) is 5.10 Å². The monoisotopic (exact) mass is 386 g/mol. The smallest absolute Gasteiger partial charge is 0.357 e. The van der Waals surface area contributed by atoms with Crippen molar-refractivity contribution in [2.45, 2.75) is 6.92 Å². The van der Waals surface area contributed by atoms with Crippen molar-refractivity contribution in [3.63, 3.8) is 0 Å². The fraction of sp³-hybridized carbons (Fsp3) is 0.231. The highest BCUT2D eigenvalue weighted by Gasteiger charge is 2.22. The third kappa shape index (κ3) is 2.90. The Morgan fingerprint density at radius 2 is 1.95 bits per heavy atom. The zero-order chi connectivity index (χ0) is 14.0. The summed E-state index contributed by atoms with van der Waals surface area (Å²) in [7, 11) is 1.72. The van der Waals surface area contributed by atoms with Crippen molar-refractivity contribution < 1.29 is 9.53 Å². The van der Waals surface area contributed by atoms with Crippen molar-refractivity contribution in [2.75, 3.05) is 6.61 Å². The zero-order valence-corrected chi connectivity index (χ0v) is 13.7. The number of halogens is 2. The first-order valence-electron chi connectivity index (χ1n) is 5.70. The summed E-state index contributed by atoms with van der Waals surface area (Å²) in [6, 6.07) is 7.74. The van der Waals surface area contributed by atoms with E-state index >= 15 is 0 Å². The van der Waals surface area contributed by atoms with Crippen molar-refractivity contribution in [3.05, 3.63) is 38.9 Å². The van der Waals surface area contributed by atoms with Crippen LogP contribution in [0.25, 0.3) is 11.3 Å². The molecule has 0 fully saturated rings. The first kappa shape index (κ1) is 14.3. The van der Waals surface area contributed by atoms with Gasteiger partial charge >= 0.3 is 5.97 Å². The number of nitrogens with zero attached hydrogens (tertiary/aromatic N) is 2. The third-order valence-corrected chi connectivity index (χ3v) is 3.86. The molecular formula is C13H12Br2N2O2. The molecule has 2 aromatic rings. The summed E-state index contributed by atoms with van der Waals surface area (Å²) < 4.78 is 8.19. The van der Waals surface area contributed by atoms with Crippen LogP contribution in [0.3, 0.4) is 0 Å². The summed E-state index contributed by atoms with van der Waals surface area (Å²) in [5.74, 6) is -0.382. The van der Waals surface area contributed by atoms with Crippen LogP contribution in [0.2, 0.25) is 0 Å². The van der Waals surface area contributed by atoms with Crippen LogP contribution in [0.4, 0.5) is 0 Å². The second-order valence-electron chi connectivity index (χ2n) is 3.86. The van der Waals surface area contributed by atoms with Gasteiger partial charge in [0.05, 0.1) is 11.1 Å². The van der Waals surface area contributed by atoms with Crippen molar-refractivity contribution >= 4 is 37.8 Å².